The van der Waals surface area contributed by atoms with Gasteiger partial charge in [0.15, 0.2) is 0 Å². The van der Waals surface area contributed by atoms with Crippen molar-refractivity contribution in [2.45, 2.75) is 39.9 Å². The summed E-state index contributed by atoms with van der Waals surface area (Å²) in [4.78, 5) is 20.3. The third-order valence-electron chi connectivity index (χ3n) is 6.68. The zero-order chi connectivity index (χ0) is 27.4. The van der Waals surface area contributed by atoms with Crippen molar-refractivity contribution in [1.29, 1.82) is 0 Å². The predicted molar refractivity (Wildman–Crippen MR) is 135 cm³/mol. The summed E-state index contributed by atoms with van der Waals surface area (Å²) in [6.07, 6.45) is -1.72. The molecule has 7 nitrogen and oxygen atoms in total. The number of aromatic nitrogens is 4. The number of aromatic carboxylic acids is 1. The summed E-state index contributed by atoms with van der Waals surface area (Å²) in [6, 6.07) is 10.0. The highest BCUT2D eigenvalue weighted by Gasteiger charge is 2.42. The molecule has 5 rings (SSSR count). The largest absolute Gasteiger partial charge is 0.478 e. The molecule has 0 bridgehead atoms. The Morgan fingerprint density at radius 2 is 1.82 bits per heavy atom. The maximum atomic E-state index is 15.0. The van der Waals surface area contributed by atoms with Crippen LogP contribution in [0.1, 0.15) is 51.7 Å². The van der Waals surface area contributed by atoms with Crippen LogP contribution in [0.15, 0.2) is 59.4 Å². The van der Waals surface area contributed by atoms with Gasteiger partial charge in [-0.25, -0.2) is 4.79 Å². The Kier molecular flexibility index (Phi) is 6.05. The third kappa shape index (κ3) is 4.11. The van der Waals surface area contributed by atoms with Crippen molar-refractivity contribution >= 4 is 17.0 Å². The SMILES string of the molecule is Cc1cc(C(=O)O)ccc1-c1c(C(F)(F)F)n(C(C)c2ccccn2)c2cc(-c3c(C)noc3C)cnc12. The molecule has 0 radical (unpaired) electrons. The normalized spacial score (nSPS) is 12.7. The Morgan fingerprint density at radius 3 is 2.39 bits per heavy atom. The van der Waals surface area contributed by atoms with Crippen LogP contribution in [0.3, 0.4) is 0 Å². The Labute approximate surface area is 215 Å². The van der Waals surface area contributed by atoms with Crippen molar-refractivity contribution in [3.05, 3.63) is 88.8 Å². The summed E-state index contributed by atoms with van der Waals surface area (Å²) in [7, 11) is 0. The number of rotatable bonds is 5. The highest BCUT2D eigenvalue weighted by molar-refractivity contribution is 5.99. The quantitative estimate of drug-likeness (QED) is 0.268. The highest BCUT2D eigenvalue weighted by Crippen LogP contribution is 2.46. The molecule has 0 aliphatic heterocycles. The van der Waals surface area contributed by atoms with E-state index in [4.69, 9.17) is 4.52 Å². The number of carboxylic acid groups (broad SMARTS) is 1. The molecule has 38 heavy (non-hydrogen) atoms. The first-order valence-corrected chi connectivity index (χ1v) is 11.8. The number of alkyl halides is 3. The van der Waals surface area contributed by atoms with Crippen LogP contribution in [0.5, 0.6) is 0 Å². The van der Waals surface area contributed by atoms with Gasteiger partial charge in [-0.3, -0.25) is 9.97 Å². The Bertz CT molecular complexity index is 1670. The molecular formula is C28H23F3N4O3. The van der Waals surface area contributed by atoms with Crippen LogP contribution >= 0.6 is 0 Å². The second-order valence-corrected chi connectivity index (χ2v) is 9.15. The molecule has 0 amide bonds. The molecule has 1 N–H and O–H groups in total. The van der Waals surface area contributed by atoms with E-state index >= 15 is 0 Å². The van der Waals surface area contributed by atoms with E-state index in [1.165, 1.54) is 35.2 Å². The smallest absolute Gasteiger partial charge is 0.432 e. The van der Waals surface area contributed by atoms with Gasteiger partial charge in [0, 0.05) is 29.1 Å². The van der Waals surface area contributed by atoms with Gasteiger partial charge in [-0.15, -0.1) is 0 Å². The van der Waals surface area contributed by atoms with Gasteiger partial charge in [-0.05, 0) is 69.2 Å². The van der Waals surface area contributed by atoms with Crippen molar-refractivity contribution in [2.75, 3.05) is 0 Å². The van der Waals surface area contributed by atoms with E-state index in [2.05, 4.69) is 15.1 Å². The fourth-order valence-electron chi connectivity index (χ4n) is 4.98. The van der Waals surface area contributed by atoms with Crippen LogP contribution < -0.4 is 0 Å². The summed E-state index contributed by atoms with van der Waals surface area (Å²) in [5.74, 6) is -0.639. The average Bonchev–Trinajstić information content (AvgIpc) is 3.40. The van der Waals surface area contributed by atoms with Gasteiger partial charge in [-0.2, -0.15) is 13.2 Å². The molecule has 0 aliphatic rings. The van der Waals surface area contributed by atoms with Crippen LogP contribution in [0.2, 0.25) is 0 Å². The highest BCUT2D eigenvalue weighted by atomic mass is 19.4. The third-order valence-corrected chi connectivity index (χ3v) is 6.68. The van der Waals surface area contributed by atoms with E-state index in [-0.39, 0.29) is 27.7 Å². The molecule has 0 saturated heterocycles. The number of fused-ring (bicyclic) bond motifs is 1. The summed E-state index contributed by atoms with van der Waals surface area (Å²) in [5, 5.41) is 13.4. The zero-order valence-electron chi connectivity index (χ0n) is 21.0. The maximum absolute atomic E-state index is 15.0. The topological polar surface area (TPSA) is 94.0 Å². The zero-order valence-corrected chi connectivity index (χ0v) is 21.0. The predicted octanol–water partition coefficient (Wildman–Crippen LogP) is 7.00. The fourth-order valence-corrected chi connectivity index (χ4v) is 4.98. The molecule has 4 heterocycles. The minimum atomic E-state index is -4.76. The summed E-state index contributed by atoms with van der Waals surface area (Å²) >= 11 is 0. The van der Waals surface area contributed by atoms with E-state index in [1.54, 1.807) is 52.0 Å². The Morgan fingerprint density at radius 1 is 1.05 bits per heavy atom. The molecule has 1 atom stereocenters. The first-order chi connectivity index (χ1) is 18.0. The number of carbonyl (C=O) groups is 1. The second kappa shape index (κ2) is 9.13. The minimum Gasteiger partial charge on any atom is -0.478 e. The van der Waals surface area contributed by atoms with Gasteiger partial charge < -0.3 is 14.2 Å². The number of hydrogen-bond donors (Lipinski definition) is 1. The van der Waals surface area contributed by atoms with Gasteiger partial charge >= 0.3 is 12.1 Å². The summed E-state index contributed by atoms with van der Waals surface area (Å²) in [6.45, 7) is 6.73. The van der Waals surface area contributed by atoms with E-state index in [1.807, 2.05) is 0 Å². The van der Waals surface area contributed by atoms with Gasteiger partial charge in [0.2, 0.25) is 0 Å². The lowest BCUT2D eigenvalue weighted by Gasteiger charge is -2.21. The Hall–Kier alpha value is -4.47. The standard InChI is InChI=1S/C28H23F3N4O3/c1-14-11-18(27(36)37)8-9-20(14)24-25-22(12-19(13-33-25)23-15(2)34-38-17(23)4)35(26(24)28(29,30)31)16(3)21-7-5-6-10-32-21/h5-13,16H,1-4H3,(H,36,37). The van der Waals surface area contributed by atoms with Crippen LogP contribution in [-0.4, -0.2) is 30.8 Å². The molecule has 0 spiro atoms. The Balaban J connectivity index is 1.90. The molecule has 1 unspecified atom stereocenters. The van der Waals surface area contributed by atoms with E-state index in [9.17, 15) is 23.1 Å². The molecule has 0 fully saturated rings. The number of halogens is 3. The molecule has 194 valence electrons. The number of pyridine rings is 2. The minimum absolute atomic E-state index is 0.0148. The molecule has 0 aliphatic carbocycles. The van der Waals surface area contributed by atoms with Gasteiger partial charge in [0.25, 0.3) is 0 Å². The molecule has 0 saturated carbocycles. The first kappa shape index (κ1) is 25.2. The monoisotopic (exact) mass is 520 g/mol. The maximum Gasteiger partial charge on any atom is 0.432 e. The van der Waals surface area contributed by atoms with E-state index in [0.29, 0.717) is 33.8 Å². The number of nitrogens with zero attached hydrogens (tertiary/aromatic N) is 4. The number of carboxylic acids is 1. The second-order valence-electron chi connectivity index (χ2n) is 9.15. The van der Waals surface area contributed by atoms with E-state index < -0.39 is 23.9 Å². The first-order valence-electron chi connectivity index (χ1n) is 11.8. The number of benzene rings is 1. The van der Waals surface area contributed by atoms with Crippen LogP contribution in [0.4, 0.5) is 13.2 Å². The molecule has 5 aromatic rings. The van der Waals surface area contributed by atoms with Crippen LogP contribution in [0.25, 0.3) is 33.3 Å². The van der Waals surface area contributed by atoms with Gasteiger partial charge in [0.05, 0.1) is 34.0 Å². The summed E-state index contributed by atoms with van der Waals surface area (Å²) < 4.78 is 51.4. The van der Waals surface area contributed by atoms with Crippen molar-refractivity contribution in [3.8, 4) is 22.3 Å². The van der Waals surface area contributed by atoms with Gasteiger partial charge in [-0.1, -0.05) is 17.3 Å². The van der Waals surface area contributed by atoms with Crippen molar-refractivity contribution in [1.82, 2.24) is 19.7 Å². The number of hydrogen-bond acceptors (Lipinski definition) is 5. The lowest BCUT2D eigenvalue weighted by Crippen LogP contribution is -2.19. The van der Waals surface area contributed by atoms with Crippen LogP contribution in [-0.2, 0) is 6.18 Å². The number of aryl methyl sites for hydroxylation is 3. The molecular weight excluding hydrogens is 497 g/mol. The van der Waals surface area contributed by atoms with E-state index in [0.717, 1.165) is 0 Å². The van der Waals surface area contributed by atoms with Crippen molar-refractivity contribution in [3.63, 3.8) is 0 Å². The van der Waals surface area contributed by atoms with Crippen molar-refractivity contribution < 1.29 is 27.6 Å². The fraction of sp³-hybridized carbons (Fsp3) is 0.214. The molecule has 1 aromatic carbocycles. The van der Waals surface area contributed by atoms with Crippen LogP contribution in [0, 0.1) is 20.8 Å². The average molecular weight is 521 g/mol. The lowest BCUT2D eigenvalue weighted by molar-refractivity contribution is -0.143. The molecule has 4 aromatic heterocycles. The summed E-state index contributed by atoms with van der Waals surface area (Å²) in [5.41, 5.74) is 2.28. The van der Waals surface area contributed by atoms with Crippen molar-refractivity contribution in [2.24, 2.45) is 0 Å². The van der Waals surface area contributed by atoms with Gasteiger partial charge in [0.1, 0.15) is 11.5 Å². The molecule has 10 heteroatoms. The lowest BCUT2D eigenvalue weighted by atomic mass is 9.97.